The monoisotopic (exact) mass is 182 g/mol. The Hall–Kier alpha value is -1.03. The van der Waals surface area contributed by atoms with Crippen LogP contribution in [0.2, 0.25) is 0 Å². The molecule has 1 aromatic heterocycles. The number of nitrogen functional groups attached to an aromatic ring is 1. The maximum Gasteiger partial charge on any atom is 0.121 e. The third-order valence-corrected chi connectivity index (χ3v) is 2.00. The van der Waals surface area contributed by atoms with Gasteiger partial charge in [0, 0.05) is 19.7 Å². The Labute approximate surface area is 79.3 Å². The van der Waals surface area contributed by atoms with Crippen molar-refractivity contribution in [2.45, 2.75) is 19.9 Å². The third kappa shape index (κ3) is 2.73. The number of hydrogen-bond donors (Lipinski definition) is 1. The van der Waals surface area contributed by atoms with E-state index in [0.717, 1.165) is 24.6 Å². The minimum absolute atomic E-state index is 0.722. The van der Waals surface area contributed by atoms with Crippen LogP contribution in [0.1, 0.15) is 19.0 Å². The van der Waals surface area contributed by atoms with Crippen molar-refractivity contribution in [3.05, 3.63) is 11.8 Å². The molecule has 0 fully saturated rings. The Kier molecular flexibility index (Phi) is 3.31. The summed E-state index contributed by atoms with van der Waals surface area (Å²) in [5, 5.41) is 4.28. The Bertz CT molecular complexity index is 247. The minimum Gasteiger partial charge on any atom is -0.384 e. The fourth-order valence-electron chi connectivity index (χ4n) is 1.36. The lowest BCUT2D eigenvalue weighted by atomic mass is 10.3. The summed E-state index contributed by atoms with van der Waals surface area (Å²) >= 11 is 0. The second kappa shape index (κ2) is 4.28. The van der Waals surface area contributed by atoms with Gasteiger partial charge in [0.2, 0.25) is 0 Å². The molecular weight excluding hydrogens is 164 g/mol. The van der Waals surface area contributed by atoms with E-state index in [1.165, 1.54) is 6.42 Å². The van der Waals surface area contributed by atoms with E-state index >= 15 is 0 Å². The molecule has 1 aromatic rings. The first-order chi connectivity index (χ1) is 6.13. The maximum atomic E-state index is 5.67. The molecule has 0 radical (unpaired) electrons. The van der Waals surface area contributed by atoms with Gasteiger partial charge in [0.15, 0.2) is 0 Å². The van der Waals surface area contributed by atoms with Crippen LogP contribution in [-0.2, 0) is 13.6 Å². The predicted molar refractivity (Wildman–Crippen MR) is 54.2 cm³/mol. The average Bonchev–Trinajstić information content (AvgIpc) is 2.31. The van der Waals surface area contributed by atoms with Crippen LogP contribution in [0, 0.1) is 0 Å². The van der Waals surface area contributed by atoms with Crippen LogP contribution in [0.4, 0.5) is 5.82 Å². The molecule has 1 heterocycles. The van der Waals surface area contributed by atoms with Gasteiger partial charge in [-0.2, -0.15) is 5.10 Å². The van der Waals surface area contributed by atoms with Gasteiger partial charge in [0.05, 0.1) is 5.69 Å². The molecule has 0 spiro atoms. The van der Waals surface area contributed by atoms with Gasteiger partial charge in [-0.25, -0.2) is 0 Å². The molecule has 0 saturated heterocycles. The molecule has 0 saturated carbocycles. The lowest BCUT2D eigenvalue weighted by Crippen LogP contribution is -2.18. The lowest BCUT2D eigenvalue weighted by molar-refractivity contribution is 0.322. The van der Waals surface area contributed by atoms with Crippen molar-refractivity contribution < 1.29 is 0 Å². The number of hydrogen-bond acceptors (Lipinski definition) is 3. The second-order valence-electron chi connectivity index (χ2n) is 3.42. The zero-order valence-corrected chi connectivity index (χ0v) is 8.62. The van der Waals surface area contributed by atoms with Gasteiger partial charge in [-0.15, -0.1) is 0 Å². The molecule has 0 aromatic carbocycles. The normalized spacial score (nSPS) is 11.1. The topological polar surface area (TPSA) is 47.1 Å². The zero-order chi connectivity index (χ0) is 9.84. The van der Waals surface area contributed by atoms with Crippen molar-refractivity contribution in [3.63, 3.8) is 0 Å². The van der Waals surface area contributed by atoms with Crippen molar-refractivity contribution in [2.75, 3.05) is 19.3 Å². The van der Waals surface area contributed by atoms with E-state index in [1.54, 1.807) is 4.68 Å². The Balaban J connectivity index is 2.53. The summed E-state index contributed by atoms with van der Waals surface area (Å²) in [6.45, 7) is 4.14. The van der Waals surface area contributed by atoms with Gasteiger partial charge in [-0.1, -0.05) is 6.92 Å². The third-order valence-electron chi connectivity index (χ3n) is 2.00. The van der Waals surface area contributed by atoms with Gasteiger partial charge in [-0.05, 0) is 20.0 Å². The fraction of sp³-hybridized carbons (Fsp3) is 0.667. The predicted octanol–water partition coefficient (Wildman–Crippen LogP) is 0.844. The Morgan fingerprint density at radius 2 is 2.31 bits per heavy atom. The fourth-order valence-corrected chi connectivity index (χ4v) is 1.36. The molecule has 13 heavy (non-hydrogen) atoms. The van der Waals surface area contributed by atoms with Crippen LogP contribution in [0.25, 0.3) is 0 Å². The van der Waals surface area contributed by atoms with Crippen molar-refractivity contribution >= 4 is 5.82 Å². The Morgan fingerprint density at radius 3 is 2.77 bits per heavy atom. The molecule has 0 amide bonds. The van der Waals surface area contributed by atoms with E-state index in [-0.39, 0.29) is 0 Å². The highest BCUT2D eigenvalue weighted by molar-refractivity contribution is 5.30. The number of anilines is 1. The van der Waals surface area contributed by atoms with Crippen LogP contribution in [-0.4, -0.2) is 28.3 Å². The van der Waals surface area contributed by atoms with Gasteiger partial charge >= 0.3 is 0 Å². The van der Waals surface area contributed by atoms with Crippen molar-refractivity contribution in [1.82, 2.24) is 14.7 Å². The molecule has 0 aliphatic carbocycles. The molecule has 0 unspecified atom stereocenters. The molecule has 4 nitrogen and oxygen atoms in total. The van der Waals surface area contributed by atoms with Crippen molar-refractivity contribution in [2.24, 2.45) is 7.05 Å². The SMILES string of the molecule is CCCN(C)Cc1cc(N)n(C)n1. The largest absolute Gasteiger partial charge is 0.384 e. The van der Waals surface area contributed by atoms with Gasteiger partial charge in [-0.3, -0.25) is 4.68 Å². The highest BCUT2D eigenvalue weighted by Crippen LogP contribution is 2.06. The number of nitrogens with zero attached hydrogens (tertiary/aromatic N) is 3. The smallest absolute Gasteiger partial charge is 0.121 e. The van der Waals surface area contributed by atoms with E-state index in [4.69, 9.17) is 5.73 Å². The Morgan fingerprint density at radius 1 is 1.62 bits per heavy atom. The summed E-state index contributed by atoms with van der Waals surface area (Å²) in [5.74, 6) is 0.722. The van der Waals surface area contributed by atoms with Crippen LogP contribution >= 0.6 is 0 Å². The van der Waals surface area contributed by atoms with E-state index in [0.29, 0.717) is 0 Å². The van der Waals surface area contributed by atoms with Crippen LogP contribution in [0.5, 0.6) is 0 Å². The van der Waals surface area contributed by atoms with E-state index in [1.807, 2.05) is 13.1 Å². The van der Waals surface area contributed by atoms with Gasteiger partial charge in [0.1, 0.15) is 5.82 Å². The van der Waals surface area contributed by atoms with Crippen LogP contribution in [0.3, 0.4) is 0 Å². The summed E-state index contributed by atoms with van der Waals surface area (Å²) in [7, 11) is 3.95. The molecule has 1 rings (SSSR count). The molecule has 0 aliphatic rings. The average molecular weight is 182 g/mol. The molecule has 0 aliphatic heterocycles. The van der Waals surface area contributed by atoms with E-state index in [2.05, 4.69) is 24.0 Å². The van der Waals surface area contributed by atoms with E-state index < -0.39 is 0 Å². The van der Waals surface area contributed by atoms with Crippen LogP contribution < -0.4 is 5.73 Å². The van der Waals surface area contributed by atoms with Crippen molar-refractivity contribution in [1.29, 1.82) is 0 Å². The van der Waals surface area contributed by atoms with E-state index in [9.17, 15) is 0 Å². The summed E-state index contributed by atoms with van der Waals surface area (Å²) in [6.07, 6.45) is 1.17. The first-order valence-corrected chi connectivity index (χ1v) is 4.60. The van der Waals surface area contributed by atoms with Crippen LogP contribution in [0.15, 0.2) is 6.07 Å². The van der Waals surface area contributed by atoms with Crippen molar-refractivity contribution in [3.8, 4) is 0 Å². The summed E-state index contributed by atoms with van der Waals surface area (Å²) in [6, 6.07) is 1.92. The molecule has 2 N–H and O–H groups in total. The molecule has 74 valence electrons. The number of aromatic nitrogens is 2. The summed E-state index contributed by atoms with van der Waals surface area (Å²) in [5.41, 5.74) is 6.71. The highest BCUT2D eigenvalue weighted by Gasteiger charge is 2.04. The second-order valence-corrected chi connectivity index (χ2v) is 3.42. The highest BCUT2D eigenvalue weighted by atomic mass is 15.3. The molecule has 0 atom stereocenters. The van der Waals surface area contributed by atoms with Gasteiger partial charge in [0.25, 0.3) is 0 Å². The number of aryl methyl sites for hydroxylation is 1. The maximum absolute atomic E-state index is 5.67. The standard InChI is InChI=1S/C9H18N4/c1-4-5-12(2)7-8-6-9(10)13(3)11-8/h6H,4-5,7,10H2,1-3H3. The summed E-state index contributed by atoms with van der Waals surface area (Å²) in [4.78, 5) is 2.24. The lowest BCUT2D eigenvalue weighted by Gasteiger charge is -2.12. The number of nitrogens with two attached hydrogens (primary N) is 1. The number of rotatable bonds is 4. The summed E-state index contributed by atoms with van der Waals surface area (Å²) < 4.78 is 1.70. The molecule has 4 heteroatoms. The quantitative estimate of drug-likeness (QED) is 0.750. The van der Waals surface area contributed by atoms with Gasteiger partial charge < -0.3 is 10.6 Å². The first kappa shape index (κ1) is 10.1. The molecular formula is C9H18N4. The first-order valence-electron chi connectivity index (χ1n) is 4.60. The molecule has 0 bridgehead atoms. The zero-order valence-electron chi connectivity index (χ0n) is 8.62. The minimum atomic E-state index is 0.722.